The first-order valence-corrected chi connectivity index (χ1v) is 10.1. The number of aromatic hydroxyl groups is 1. The minimum absolute atomic E-state index is 0.137. The highest BCUT2D eigenvalue weighted by Crippen LogP contribution is 2.60. The van der Waals surface area contributed by atoms with Gasteiger partial charge >= 0.3 is 6.01 Å². The van der Waals surface area contributed by atoms with Gasteiger partial charge in [0.05, 0.1) is 0 Å². The second-order valence-corrected chi connectivity index (χ2v) is 9.08. The lowest BCUT2D eigenvalue weighted by Gasteiger charge is -2.56. The Morgan fingerprint density at radius 2 is 1.50 bits per heavy atom. The molecule has 132 valence electrons. The fourth-order valence-corrected chi connectivity index (χ4v) is 6.70. The van der Waals surface area contributed by atoms with Crippen molar-refractivity contribution in [3.63, 3.8) is 0 Å². The van der Waals surface area contributed by atoms with E-state index in [0.29, 0.717) is 0 Å². The summed E-state index contributed by atoms with van der Waals surface area (Å²) in [6.45, 7) is 4.27. The molecule has 5 fully saturated rings. The molecule has 0 amide bonds. The third-order valence-electron chi connectivity index (χ3n) is 7.33. The Bertz CT molecular complexity index is 569. The molecular weight excluding hydrogens is 300 g/mol. The Labute approximate surface area is 144 Å². The maximum atomic E-state index is 10.3. The minimum atomic E-state index is 0.137. The lowest BCUT2D eigenvalue weighted by atomic mass is 9.49. The molecule has 1 saturated heterocycles. The molecule has 0 unspecified atom stereocenters. The molecule has 4 aliphatic carbocycles. The number of hydrogen-bond acceptors (Lipinski definition) is 4. The summed E-state index contributed by atoms with van der Waals surface area (Å²) in [5, 5.41) is 18.9. The number of aromatic nitrogens is 3. The highest BCUT2D eigenvalue weighted by molar-refractivity contribution is 5.19. The number of likely N-dealkylation sites (tertiary alicyclic amines) is 1. The SMILES string of the molecule is Oc1nnc(C23CC4CC(CC(C4)C2)C3)n1CCN1CCCCC1. The van der Waals surface area contributed by atoms with Crippen LogP contribution in [-0.2, 0) is 12.0 Å². The molecule has 6 rings (SSSR count). The molecule has 5 heteroatoms. The molecule has 24 heavy (non-hydrogen) atoms. The van der Waals surface area contributed by atoms with Crippen LogP contribution in [0.3, 0.4) is 0 Å². The minimum Gasteiger partial charge on any atom is -0.479 e. The molecule has 4 bridgehead atoms. The van der Waals surface area contributed by atoms with Crippen molar-refractivity contribution in [3.05, 3.63) is 5.82 Å². The van der Waals surface area contributed by atoms with Crippen LogP contribution in [0.25, 0.3) is 0 Å². The molecule has 0 atom stereocenters. The van der Waals surface area contributed by atoms with Crippen molar-refractivity contribution in [1.29, 1.82) is 0 Å². The lowest BCUT2D eigenvalue weighted by Crippen LogP contribution is -2.50. The Kier molecular flexibility index (Phi) is 3.62. The van der Waals surface area contributed by atoms with Gasteiger partial charge < -0.3 is 10.0 Å². The van der Waals surface area contributed by atoms with Crippen LogP contribution in [-0.4, -0.2) is 44.4 Å². The maximum absolute atomic E-state index is 10.3. The van der Waals surface area contributed by atoms with Gasteiger partial charge in [0.25, 0.3) is 0 Å². The van der Waals surface area contributed by atoms with Gasteiger partial charge in [-0.15, -0.1) is 5.10 Å². The average molecular weight is 330 g/mol. The second-order valence-electron chi connectivity index (χ2n) is 9.08. The molecule has 1 N–H and O–H groups in total. The van der Waals surface area contributed by atoms with Crippen LogP contribution in [0.4, 0.5) is 0 Å². The van der Waals surface area contributed by atoms with Crippen molar-refractivity contribution in [2.45, 2.75) is 69.7 Å². The van der Waals surface area contributed by atoms with Gasteiger partial charge in [0.1, 0.15) is 5.82 Å². The smallest absolute Gasteiger partial charge is 0.314 e. The second kappa shape index (κ2) is 5.72. The van der Waals surface area contributed by atoms with Crippen LogP contribution in [0.2, 0.25) is 0 Å². The molecule has 4 saturated carbocycles. The van der Waals surface area contributed by atoms with E-state index >= 15 is 0 Å². The number of hydrogen-bond donors (Lipinski definition) is 1. The first-order valence-electron chi connectivity index (χ1n) is 10.1. The topological polar surface area (TPSA) is 54.2 Å². The van der Waals surface area contributed by atoms with E-state index in [1.165, 1.54) is 70.9 Å². The molecule has 5 nitrogen and oxygen atoms in total. The van der Waals surface area contributed by atoms with Gasteiger partial charge in [0.15, 0.2) is 0 Å². The van der Waals surface area contributed by atoms with Gasteiger partial charge in [-0.3, -0.25) is 4.57 Å². The van der Waals surface area contributed by atoms with E-state index in [2.05, 4.69) is 19.7 Å². The fourth-order valence-electron chi connectivity index (χ4n) is 6.70. The van der Waals surface area contributed by atoms with Gasteiger partial charge in [-0.05, 0) is 82.2 Å². The quantitative estimate of drug-likeness (QED) is 0.922. The molecule has 1 aliphatic heterocycles. The third-order valence-corrected chi connectivity index (χ3v) is 7.33. The van der Waals surface area contributed by atoms with Crippen LogP contribution >= 0.6 is 0 Å². The predicted octanol–water partition coefficient (Wildman–Crippen LogP) is 2.94. The highest BCUT2D eigenvalue weighted by Gasteiger charge is 2.54. The van der Waals surface area contributed by atoms with Crippen LogP contribution in [0.15, 0.2) is 0 Å². The van der Waals surface area contributed by atoms with Crippen molar-refractivity contribution >= 4 is 0 Å². The predicted molar refractivity (Wildman–Crippen MR) is 91.8 cm³/mol. The van der Waals surface area contributed by atoms with Crippen LogP contribution in [0.5, 0.6) is 6.01 Å². The van der Waals surface area contributed by atoms with Crippen molar-refractivity contribution in [3.8, 4) is 6.01 Å². The molecule has 0 spiro atoms. The van der Waals surface area contributed by atoms with Crippen LogP contribution in [0, 0.1) is 17.8 Å². The summed E-state index contributed by atoms with van der Waals surface area (Å²) < 4.78 is 2.06. The molecule has 5 aliphatic rings. The van der Waals surface area contributed by atoms with E-state index in [0.717, 1.165) is 36.7 Å². The van der Waals surface area contributed by atoms with Crippen molar-refractivity contribution < 1.29 is 5.11 Å². The van der Waals surface area contributed by atoms with Gasteiger partial charge in [-0.25, -0.2) is 0 Å². The van der Waals surface area contributed by atoms with Crippen molar-refractivity contribution in [2.75, 3.05) is 19.6 Å². The van der Waals surface area contributed by atoms with Crippen molar-refractivity contribution in [1.82, 2.24) is 19.7 Å². The number of rotatable bonds is 4. The largest absolute Gasteiger partial charge is 0.479 e. The Hall–Kier alpha value is -1.10. The lowest BCUT2D eigenvalue weighted by molar-refractivity contribution is -0.0115. The van der Waals surface area contributed by atoms with Gasteiger partial charge in [0.2, 0.25) is 0 Å². The molecule has 1 aromatic heterocycles. The van der Waals surface area contributed by atoms with Gasteiger partial charge in [-0.1, -0.05) is 11.5 Å². The summed E-state index contributed by atoms with van der Waals surface area (Å²) in [6.07, 6.45) is 12.1. The van der Waals surface area contributed by atoms with E-state index in [-0.39, 0.29) is 11.4 Å². The average Bonchev–Trinajstić information content (AvgIpc) is 2.94. The van der Waals surface area contributed by atoms with Crippen LogP contribution in [0.1, 0.15) is 63.6 Å². The fraction of sp³-hybridized carbons (Fsp3) is 0.895. The van der Waals surface area contributed by atoms with Crippen molar-refractivity contribution in [2.24, 2.45) is 17.8 Å². The van der Waals surface area contributed by atoms with Gasteiger partial charge in [0, 0.05) is 18.5 Å². The van der Waals surface area contributed by atoms with E-state index in [1.54, 1.807) is 0 Å². The highest BCUT2D eigenvalue weighted by atomic mass is 16.3. The molecule has 0 aromatic carbocycles. The summed E-state index contributed by atoms with van der Waals surface area (Å²) in [5.41, 5.74) is 0.213. The van der Waals surface area contributed by atoms with E-state index in [1.807, 2.05) is 0 Å². The Morgan fingerprint density at radius 3 is 2.12 bits per heavy atom. The molecule has 1 aromatic rings. The summed E-state index contributed by atoms with van der Waals surface area (Å²) in [4.78, 5) is 2.53. The molecular formula is C19H30N4O. The van der Waals surface area contributed by atoms with E-state index in [4.69, 9.17) is 0 Å². The number of piperidine rings is 1. The zero-order chi connectivity index (χ0) is 16.1. The zero-order valence-corrected chi connectivity index (χ0v) is 14.7. The maximum Gasteiger partial charge on any atom is 0.314 e. The van der Waals surface area contributed by atoms with E-state index in [9.17, 15) is 5.11 Å². The van der Waals surface area contributed by atoms with E-state index < -0.39 is 0 Å². The molecule has 2 heterocycles. The first-order chi connectivity index (χ1) is 11.7. The normalized spacial score (nSPS) is 38.8. The first kappa shape index (κ1) is 15.2. The summed E-state index contributed by atoms with van der Waals surface area (Å²) in [5.74, 6) is 3.79. The standard InChI is InChI=1S/C19H30N4O/c24-18-21-20-17(23(18)7-6-22-4-2-1-3-5-22)19-11-14-8-15(12-19)10-16(9-14)13-19/h14-16H,1-13H2,(H,21,24). The summed E-state index contributed by atoms with van der Waals surface area (Å²) in [6, 6.07) is 0.137. The number of nitrogens with zero attached hydrogens (tertiary/aromatic N) is 4. The summed E-state index contributed by atoms with van der Waals surface area (Å²) in [7, 11) is 0. The molecule has 0 radical (unpaired) electrons. The zero-order valence-electron chi connectivity index (χ0n) is 14.7. The third kappa shape index (κ3) is 2.47. The van der Waals surface area contributed by atoms with Gasteiger partial charge in [-0.2, -0.15) is 0 Å². The Morgan fingerprint density at radius 1 is 0.875 bits per heavy atom. The van der Waals surface area contributed by atoms with Crippen LogP contribution < -0.4 is 0 Å². The monoisotopic (exact) mass is 330 g/mol. The Balaban J connectivity index is 1.38. The summed E-state index contributed by atoms with van der Waals surface area (Å²) >= 11 is 0.